The third-order valence-electron chi connectivity index (χ3n) is 3.30. The molecule has 0 unspecified atom stereocenters. The van der Waals surface area contributed by atoms with Crippen molar-refractivity contribution in [2.75, 3.05) is 19.5 Å². The standard InChI is InChI=1S/C14H14N4O7S/c1-7-10(13(20)24-2)12(26-11(7)14(21)25-3)16-9(19)6-17-5-8(4-15-17)18(22)23/h4-5H,6H2,1-3H3,(H,16,19). The molecule has 0 aromatic carbocycles. The maximum Gasteiger partial charge on any atom is 0.348 e. The SMILES string of the molecule is COC(=O)c1sc(NC(=O)Cn2cc([N+](=O)[O-])cn2)c(C(=O)OC)c1C. The predicted octanol–water partition coefficient (Wildman–Crippen LogP) is 1.37. The van der Waals surface area contributed by atoms with E-state index in [1.54, 1.807) is 0 Å². The van der Waals surface area contributed by atoms with Crippen molar-refractivity contribution in [1.29, 1.82) is 0 Å². The van der Waals surface area contributed by atoms with E-state index >= 15 is 0 Å². The highest BCUT2D eigenvalue weighted by Crippen LogP contribution is 2.34. The number of nitrogens with zero attached hydrogens (tertiary/aromatic N) is 3. The number of rotatable bonds is 6. The van der Waals surface area contributed by atoms with E-state index < -0.39 is 22.8 Å². The number of nitrogens with one attached hydrogen (secondary N) is 1. The van der Waals surface area contributed by atoms with Gasteiger partial charge in [-0.25, -0.2) is 9.59 Å². The molecule has 0 spiro atoms. The fraction of sp³-hybridized carbons (Fsp3) is 0.286. The summed E-state index contributed by atoms with van der Waals surface area (Å²) >= 11 is 0.866. The van der Waals surface area contributed by atoms with Gasteiger partial charge in [0.2, 0.25) is 5.91 Å². The highest BCUT2D eigenvalue weighted by atomic mass is 32.1. The zero-order valence-corrected chi connectivity index (χ0v) is 14.8. The van der Waals surface area contributed by atoms with Gasteiger partial charge in [-0.2, -0.15) is 5.10 Å². The molecule has 1 amide bonds. The van der Waals surface area contributed by atoms with Crippen LogP contribution in [0.15, 0.2) is 12.4 Å². The van der Waals surface area contributed by atoms with Crippen molar-refractivity contribution in [3.05, 3.63) is 38.5 Å². The molecule has 0 radical (unpaired) electrons. The van der Waals surface area contributed by atoms with Crippen molar-refractivity contribution in [3.63, 3.8) is 0 Å². The van der Waals surface area contributed by atoms with Gasteiger partial charge in [0, 0.05) is 0 Å². The van der Waals surface area contributed by atoms with E-state index in [2.05, 4.69) is 19.9 Å². The molecule has 2 aromatic heterocycles. The summed E-state index contributed by atoms with van der Waals surface area (Å²) in [5.74, 6) is -1.97. The first-order valence-corrected chi connectivity index (χ1v) is 7.86. The molecule has 0 atom stereocenters. The molecule has 0 saturated carbocycles. The predicted molar refractivity (Wildman–Crippen MR) is 89.2 cm³/mol. The van der Waals surface area contributed by atoms with Crippen LogP contribution in [0.2, 0.25) is 0 Å². The van der Waals surface area contributed by atoms with Crippen LogP contribution >= 0.6 is 11.3 Å². The Morgan fingerprint density at radius 2 is 1.96 bits per heavy atom. The number of carbonyl (C=O) groups excluding carboxylic acids is 3. The molecule has 1 N–H and O–H groups in total. The van der Waals surface area contributed by atoms with Crippen LogP contribution < -0.4 is 5.32 Å². The van der Waals surface area contributed by atoms with Crippen LogP contribution in [0.1, 0.15) is 25.6 Å². The average Bonchev–Trinajstić information content (AvgIpc) is 3.18. The third kappa shape index (κ3) is 3.85. The van der Waals surface area contributed by atoms with Gasteiger partial charge < -0.3 is 14.8 Å². The summed E-state index contributed by atoms with van der Waals surface area (Å²) in [5.41, 5.74) is 0.101. The Morgan fingerprint density at radius 3 is 2.50 bits per heavy atom. The molecule has 12 heteroatoms. The van der Waals surface area contributed by atoms with Gasteiger partial charge in [-0.1, -0.05) is 0 Å². The number of methoxy groups -OCH3 is 2. The van der Waals surface area contributed by atoms with Crippen LogP contribution in [0, 0.1) is 17.0 Å². The molecule has 0 aliphatic rings. The number of hydrogen-bond donors (Lipinski definition) is 1. The second kappa shape index (κ2) is 7.74. The van der Waals surface area contributed by atoms with E-state index in [1.807, 2.05) is 0 Å². The maximum absolute atomic E-state index is 12.2. The highest BCUT2D eigenvalue weighted by Gasteiger charge is 2.26. The van der Waals surface area contributed by atoms with Crippen LogP contribution in [0.25, 0.3) is 0 Å². The number of aromatic nitrogens is 2. The monoisotopic (exact) mass is 382 g/mol. The van der Waals surface area contributed by atoms with Crippen LogP contribution in [-0.2, 0) is 20.8 Å². The fourth-order valence-electron chi connectivity index (χ4n) is 2.08. The van der Waals surface area contributed by atoms with Gasteiger partial charge in [0.25, 0.3) is 0 Å². The molecular formula is C14H14N4O7S. The van der Waals surface area contributed by atoms with Gasteiger partial charge in [0.05, 0.1) is 24.7 Å². The first-order chi connectivity index (χ1) is 12.3. The minimum absolute atomic E-state index is 0.0395. The maximum atomic E-state index is 12.2. The van der Waals surface area contributed by atoms with Gasteiger partial charge in [-0.05, 0) is 12.5 Å². The Kier molecular flexibility index (Phi) is 5.67. The second-order valence-electron chi connectivity index (χ2n) is 4.94. The Labute approximate surface area is 150 Å². The number of anilines is 1. The first kappa shape index (κ1) is 19.1. The first-order valence-electron chi connectivity index (χ1n) is 7.05. The minimum atomic E-state index is -0.723. The summed E-state index contributed by atoms with van der Waals surface area (Å²) in [6.45, 7) is 1.21. The zero-order valence-electron chi connectivity index (χ0n) is 14.0. The Bertz CT molecular complexity index is 886. The van der Waals surface area contributed by atoms with E-state index in [0.29, 0.717) is 5.56 Å². The molecule has 26 heavy (non-hydrogen) atoms. The van der Waals surface area contributed by atoms with Gasteiger partial charge >= 0.3 is 17.6 Å². The van der Waals surface area contributed by atoms with E-state index in [0.717, 1.165) is 28.4 Å². The van der Waals surface area contributed by atoms with Gasteiger partial charge in [0.1, 0.15) is 28.8 Å². The van der Waals surface area contributed by atoms with E-state index in [-0.39, 0.29) is 27.7 Å². The van der Waals surface area contributed by atoms with Crippen LogP contribution in [0.4, 0.5) is 10.7 Å². The molecule has 138 valence electrons. The zero-order chi connectivity index (χ0) is 19.4. The molecule has 2 heterocycles. The molecule has 2 rings (SSSR count). The molecule has 0 fully saturated rings. The molecule has 0 saturated heterocycles. The van der Waals surface area contributed by atoms with Crippen molar-refractivity contribution >= 4 is 39.9 Å². The van der Waals surface area contributed by atoms with E-state index in [4.69, 9.17) is 0 Å². The Balaban J connectivity index is 2.26. The average molecular weight is 382 g/mol. The molecule has 11 nitrogen and oxygen atoms in total. The van der Waals surface area contributed by atoms with Crippen molar-refractivity contribution in [2.24, 2.45) is 0 Å². The number of thiophene rings is 1. The van der Waals surface area contributed by atoms with Crippen LogP contribution in [0.5, 0.6) is 0 Å². The summed E-state index contributed by atoms with van der Waals surface area (Å²) in [6, 6.07) is 0. The third-order valence-corrected chi connectivity index (χ3v) is 4.48. The summed E-state index contributed by atoms with van der Waals surface area (Å²) < 4.78 is 10.4. The molecule has 0 aliphatic carbocycles. The second-order valence-corrected chi connectivity index (χ2v) is 5.97. The van der Waals surface area contributed by atoms with Crippen molar-refractivity contribution in [1.82, 2.24) is 9.78 Å². The molecule has 0 aliphatic heterocycles. The highest BCUT2D eigenvalue weighted by molar-refractivity contribution is 7.18. The molecule has 0 bridgehead atoms. The minimum Gasteiger partial charge on any atom is -0.465 e. The number of carbonyl (C=O) groups is 3. The van der Waals surface area contributed by atoms with Gasteiger partial charge in [-0.15, -0.1) is 11.3 Å². The lowest BCUT2D eigenvalue weighted by Gasteiger charge is -2.06. The molecule has 2 aromatic rings. The number of hydrogen-bond acceptors (Lipinski definition) is 9. The number of amides is 1. The summed E-state index contributed by atoms with van der Waals surface area (Å²) in [7, 11) is 2.37. The fourth-order valence-corrected chi connectivity index (χ4v) is 3.21. The van der Waals surface area contributed by atoms with Gasteiger partial charge in [0.15, 0.2) is 0 Å². The number of ether oxygens (including phenoxy) is 2. The Hall–Kier alpha value is -3.28. The van der Waals surface area contributed by atoms with Crippen LogP contribution in [-0.4, -0.2) is 46.8 Å². The van der Waals surface area contributed by atoms with Crippen molar-refractivity contribution in [3.8, 4) is 0 Å². The topological polar surface area (TPSA) is 143 Å². The lowest BCUT2D eigenvalue weighted by atomic mass is 10.1. The molecular weight excluding hydrogens is 368 g/mol. The lowest BCUT2D eigenvalue weighted by molar-refractivity contribution is -0.385. The smallest absolute Gasteiger partial charge is 0.348 e. The van der Waals surface area contributed by atoms with Crippen LogP contribution in [0.3, 0.4) is 0 Å². The quantitative estimate of drug-likeness (QED) is 0.448. The van der Waals surface area contributed by atoms with Crippen molar-refractivity contribution < 1.29 is 28.8 Å². The summed E-state index contributed by atoms with van der Waals surface area (Å²) in [4.78, 5) is 46.1. The largest absolute Gasteiger partial charge is 0.465 e. The number of nitro groups is 1. The van der Waals surface area contributed by atoms with Crippen molar-refractivity contribution in [2.45, 2.75) is 13.5 Å². The van der Waals surface area contributed by atoms with E-state index in [9.17, 15) is 24.5 Å². The van der Waals surface area contributed by atoms with Gasteiger partial charge in [-0.3, -0.25) is 19.6 Å². The van der Waals surface area contributed by atoms with E-state index in [1.165, 1.54) is 21.1 Å². The summed E-state index contributed by atoms with van der Waals surface area (Å²) in [6.07, 6.45) is 2.11. The Morgan fingerprint density at radius 1 is 1.31 bits per heavy atom. The summed E-state index contributed by atoms with van der Waals surface area (Å²) in [5, 5.41) is 16.9. The normalized spacial score (nSPS) is 10.3. The lowest BCUT2D eigenvalue weighted by Crippen LogP contribution is -2.20. The number of esters is 2.